The Labute approximate surface area is 108 Å². The smallest absolute Gasteiger partial charge is 0.442 e. The number of halogens is 7. The van der Waals surface area contributed by atoms with Crippen LogP contribution in [0.5, 0.6) is 0 Å². The Balaban J connectivity index is 4.79. The molecule has 0 rings (SSSR count). The van der Waals surface area contributed by atoms with Crippen LogP contribution >= 0.6 is 24.0 Å². The van der Waals surface area contributed by atoms with Crippen LogP contribution in [0.25, 0.3) is 0 Å². The number of hydrogen-bond acceptors (Lipinski definition) is 3. The molecule has 0 aromatic heterocycles. The largest absolute Gasteiger partial charge is 0.479 e. The van der Waals surface area contributed by atoms with Crippen LogP contribution in [0.1, 0.15) is 19.8 Å². The summed E-state index contributed by atoms with van der Waals surface area (Å²) in [6, 6.07) is 0. The van der Waals surface area contributed by atoms with Gasteiger partial charge in [0.15, 0.2) is 0 Å². The van der Waals surface area contributed by atoms with Crippen molar-refractivity contribution >= 4 is 28.4 Å². The SMILES string of the molecule is CCCCOC(=S)SC(F)(C(F)(F)F)C(F)(F)F. The maximum absolute atomic E-state index is 13.1. The molecule has 10 heteroatoms. The molecule has 0 amide bonds. The summed E-state index contributed by atoms with van der Waals surface area (Å²) in [7, 11) is 0. The third-order valence-corrected chi connectivity index (χ3v) is 3.07. The van der Waals surface area contributed by atoms with Crippen molar-refractivity contribution in [2.75, 3.05) is 6.61 Å². The monoisotopic (exact) mass is 318 g/mol. The molecule has 0 aromatic rings. The van der Waals surface area contributed by atoms with Crippen LogP contribution in [0.2, 0.25) is 0 Å². The highest BCUT2D eigenvalue weighted by Gasteiger charge is 2.74. The summed E-state index contributed by atoms with van der Waals surface area (Å²) >= 11 is 2.96. The minimum atomic E-state index is -6.13. The van der Waals surface area contributed by atoms with Gasteiger partial charge in [-0.15, -0.1) is 0 Å². The standard InChI is InChI=1S/C8H9F7OS2/c1-2-3-4-16-5(17)18-6(9,7(10,11)12)8(13,14)15/h2-4H2,1H3. The summed E-state index contributed by atoms with van der Waals surface area (Å²) in [6.45, 7) is 1.57. The first-order valence-corrected chi connectivity index (χ1v) is 5.86. The first kappa shape index (κ1) is 17.8. The zero-order valence-corrected chi connectivity index (χ0v) is 10.6. The molecule has 108 valence electrons. The van der Waals surface area contributed by atoms with Gasteiger partial charge in [-0.25, -0.2) is 4.39 Å². The van der Waals surface area contributed by atoms with Crippen molar-refractivity contribution in [3.63, 3.8) is 0 Å². The Morgan fingerprint density at radius 1 is 1.06 bits per heavy atom. The Kier molecular flexibility index (Phi) is 6.18. The van der Waals surface area contributed by atoms with Crippen LogP contribution < -0.4 is 0 Å². The van der Waals surface area contributed by atoms with Crippen LogP contribution in [0.4, 0.5) is 30.7 Å². The molecule has 0 radical (unpaired) electrons. The van der Waals surface area contributed by atoms with Gasteiger partial charge in [0, 0.05) is 0 Å². The zero-order chi connectivity index (χ0) is 14.6. The van der Waals surface area contributed by atoms with E-state index in [2.05, 4.69) is 17.0 Å². The molecule has 0 unspecified atom stereocenters. The van der Waals surface area contributed by atoms with Crippen LogP contribution in [0.3, 0.4) is 0 Å². The van der Waals surface area contributed by atoms with Crippen molar-refractivity contribution in [2.45, 2.75) is 37.1 Å². The second kappa shape index (κ2) is 6.27. The molecule has 0 atom stereocenters. The second-order valence-electron chi connectivity index (χ2n) is 3.14. The fourth-order valence-corrected chi connectivity index (χ4v) is 1.75. The average molecular weight is 318 g/mol. The van der Waals surface area contributed by atoms with E-state index in [9.17, 15) is 30.7 Å². The van der Waals surface area contributed by atoms with Crippen molar-refractivity contribution in [3.8, 4) is 0 Å². The van der Waals surface area contributed by atoms with Gasteiger partial charge in [0.25, 0.3) is 0 Å². The van der Waals surface area contributed by atoms with Crippen molar-refractivity contribution in [3.05, 3.63) is 0 Å². The Bertz CT molecular complexity index is 272. The molecular weight excluding hydrogens is 309 g/mol. The summed E-state index contributed by atoms with van der Waals surface area (Å²) < 4.78 is 89.1. The van der Waals surface area contributed by atoms with Gasteiger partial charge in [0.1, 0.15) is 0 Å². The second-order valence-corrected chi connectivity index (χ2v) is 4.91. The fourth-order valence-electron chi connectivity index (χ4n) is 0.721. The molecule has 18 heavy (non-hydrogen) atoms. The molecule has 0 spiro atoms. The first-order valence-electron chi connectivity index (χ1n) is 4.64. The zero-order valence-electron chi connectivity index (χ0n) is 8.99. The van der Waals surface area contributed by atoms with Crippen LogP contribution in [-0.4, -0.2) is 28.3 Å². The number of thioether (sulfide) groups is 1. The molecule has 0 fully saturated rings. The van der Waals surface area contributed by atoms with Crippen LogP contribution in [0, 0.1) is 0 Å². The number of thiocarbonyl (C=S) groups is 1. The molecule has 0 aliphatic heterocycles. The minimum Gasteiger partial charge on any atom is -0.479 e. The quantitative estimate of drug-likeness (QED) is 0.425. The third-order valence-electron chi connectivity index (χ3n) is 1.67. The van der Waals surface area contributed by atoms with E-state index >= 15 is 0 Å². The highest BCUT2D eigenvalue weighted by atomic mass is 32.2. The normalized spacial score (nSPS) is 13.6. The van der Waals surface area contributed by atoms with Gasteiger partial charge in [-0.2, -0.15) is 26.3 Å². The van der Waals surface area contributed by atoms with E-state index in [4.69, 9.17) is 0 Å². The highest BCUT2D eigenvalue weighted by Crippen LogP contribution is 2.53. The van der Waals surface area contributed by atoms with Gasteiger partial charge >= 0.3 is 17.4 Å². The summed E-state index contributed by atoms with van der Waals surface area (Å²) in [5.41, 5.74) is 0. The molecule has 0 N–H and O–H groups in total. The van der Waals surface area contributed by atoms with E-state index in [-0.39, 0.29) is 6.61 Å². The molecular formula is C8H9F7OS2. The van der Waals surface area contributed by atoms with E-state index in [0.717, 1.165) is 0 Å². The highest BCUT2D eigenvalue weighted by molar-refractivity contribution is 8.23. The van der Waals surface area contributed by atoms with Gasteiger partial charge in [0.05, 0.1) is 6.61 Å². The Hall–Kier alpha value is -0.250. The topological polar surface area (TPSA) is 9.23 Å². The van der Waals surface area contributed by atoms with Gasteiger partial charge in [0.2, 0.25) is 4.38 Å². The lowest BCUT2D eigenvalue weighted by atomic mass is 10.3. The van der Waals surface area contributed by atoms with E-state index in [0.29, 0.717) is 12.8 Å². The third kappa shape index (κ3) is 4.45. The Morgan fingerprint density at radius 2 is 1.50 bits per heavy atom. The number of alkyl halides is 7. The van der Waals surface area contributed by atoms with Crippen molar-refractivity contribution in [1.29, 1.82) is 0 Å². The van der Waals surface area contributed by atoms with Crippen molar-refractivity contribution < 1.29 is 35.5 Å². The maximum atomic E-state index is 13.1. The van der Waals surface area contributed by atoms with Crippen LogP contribution in [-0.2, 0) is 4.74 Å². The molecule has 0 saturated heterocycles. The lowest BCUT2D eigenvalue weighted by Crippen LogP contribution is -2.51. The van der Waals surface area contributed by atoms with E-state index in [1.807, 2.05) is 0 Å². The van der Waals surface area contributed by atoms with Gasteiger partial charge in [-0.1, -0.05) is 13.3 Å². The van der Waals surface area contributed by atoms with Crippen LogP contribution in [0.15, 0.2) is 0 Å². The predicted molar refractivity (Wildman–Crippen MR) is 57.0 cm³/mol. The van der Waals surface area contributed by atoms with Crippen molar-refractivity contribution in [2.24, 2.45) is 0 Å². The minimum absolute atomic E-state index is 0.159. The molecule has 0 bridgehead atoms. The lowest BCUT2D eigenvalue weighted by Gasteiger charge is -2.28. The summed E-state index contributed by atoms with van der Waals surface area (Å²) in [4.78, 5) is 0. The number of rotatable bonds is 4. The van der Waals surface area contributed by atoms with E-state index in [1.165, 1.54) is 0 Å². The molecule has 0 aromatic carbocycles. The summed E-state index contributed by atoms with van der Waals surface area (Å²) in [5.74, 6) is 0. The molecule has 0 saturated carbocycles. The molecule has 0 aliphatic carbocycles. The van der Waals surface area contributed by atoms with E-state index in [1.54, 1.807) is 6.92 Å². The number of hydrogen-bond donors (Lipinski definition) is 0. The summed E-state index contributed by atoms with van der Waals surface area (Å²) in [5, 5.41) is -5.46. The fraction of sp³-hybridized carbons (Fsp3) is 0.875. The van der Waals surface area contributed by atoms with Gasteiger partial charge in [-0.3, -0.25) is 0 Å². The Morgan fingerprint density at radius 3 is 1.83 bits per heavy atom. The van der Waals surface area contributed by atoms with Gasteiger partial charge in [-0.05, 0) is 30.4 Å². The van der Waals surface area contributed by atoms with Gasteiger partial charge < -0.3 is 4.74 Å². The molecule has 0 heterocycles. The maximum Gasteiger partial charge on any atom is 0.442 e. The average Bonchev–Trinajstić information content (AvgIpc) is 2.14. The lowest BCUT2D eigenvalue weighted by molar-refractivity contribution is -0.302. The first-order chi connectivity index (χ1) is 7.95. The molecule has 1 nitrogen and oxygen atoms in total. The molecule has 0 aliphatic rings. The van der Waals surface area contributed by atoms with Crippen molar-refractivity contribution in [1.82, 2.24) is 0 Å². The van der Waals surface area contributed by atoms with E-state index < -0.39 is 33.5 Å². The summed E-state index contributed by atoms with van der Waals surface area (Å²) in [6.07, 6.45) is -11.3. The number of ether oxygens (including phenoxy) is 1. The number of unbranched alkanes of at least 4 members (excludes halogenated alkanes) is 1. The predicted octanol–water partition coefficient (Wildman–Crippen LogP) is 4.61.